The Morgan fingerprint density at radius 1 is 0.357 bits per heavy atom. The maximum absolute atomic E-state index is 2.57. The van der Waals surface area contributed by atoms with E-state index in [-0.39, 0.29) is 32.5 Å². The highest BCUT2D eigenvalue weighted by atomic mass is 14.7. The molecule has 160 valence electrons. The van der Waals surface area contributed by atoms with Gasteiger partial charge in [-0.05, 0) is 63.2 Å². The molecule has 0 radical (unpaired) electrons. The second kappa shape index (κ2) is 5.89. The van der Waals surface area contributed by atoms with Crippen molar-refractivity contribution in [1.82, 2.24) is 0 Å². The van der Waals surface area contributed by atoms with Gasteiger partial charge < -0.3 is 0 Å². The molecule has 2 unspecified atom stereocenters. The zero-order chi connectivity index (χ0) is 22.5. The summed E-state index contributed by atoms with van der Waals surface area (Å²) in [5, 5.41) is 0. The summed E-state index contributed by atoms with van der Waals surface area (Å²) < 4.78 is 0. The van der Waals surface area contributed by atoms with Gasteiger partial charge in [-0.2, -0.15) is 0 Å². The minimum absolute atomic E-state index is 0.00278. The molecule has 0 heterocycles. The molecule has 0 nitrogen and oxygen atoms in total. The van der Waals surface area contributed by atoms with Gasteiger partial charge in [0.15, 0.2) is 0 Å². The predicted octanol–water partition coefficient (Wildman–Crippen LogP) is 9.14. The molecular weight excluding hydrogens is 336 g/mol. The van der Waals surface area contributed by atoms with Gasteiger partial charge >= 0.3 is 0 Å². The van der Waals surface area contributed by atoms with Crippen LogP contribution in [0.1, 0.15) is 111 Å². The van der Waals surface area contributed by atoms with Crippen LogP contribution in [0.3, 0.4) is 0 Å². The number of rotatable bonds is 0. The molecule has 0 spiro atoms. The molecule has 28 heavy (non-hydrogen) atoms. The Bertz CT molecular complexity index is 803. The molecule has 3 aliphatic carbocycles. The summed E-state index contributed by atoms with van der Waals surface area (Å²) in [6, 6.07) is 0. The van der Waals surface area contributed by atoms with Crippen molar-refractivity contribution in [3.63, 3.8) is 0 Å². The van der Waals surface area contributed by atoms with Crippen LogP contribution in [0.4, 0.5) is 0 Å². The standard InChI is InChI=1S/C28H48/c1-17-20(4)27(15)21(5)18(2)25(11,12)28(16,26(13,14)23(17,7)8)22(6)19(3)24(27,9)10/h1-16H3/b20-17?,21-18+,22-19-. The summed E-state index contributed by atoms with van der Waals surface area (Å²) in [7, 11) is 0. The molecule has 0 aromatic rings. The maximum atomic E-state index is 2.57. The van der Waals surface area contributed by atoms with E-state index >= 15 is 0 Å². The molecule has 2 atom stereocenters. The molecule has 0 saturated carbocycles. The van der Waals surface area contributed by atoms with E-state index in [4.69, 9.17) is 0 Å². The second-order valence-electron chi connectivity index (χ2n) is 12.5. The molecule has 0 amide bonds. The predicted molar refractivity (Wildman–Crippen MR) is 126 cm³/mol. The molecule has 0 heteroatoms. The van der Waals surface area contributed by atoms with Gasteiger partial charge in [0, 0.05) is 10.8 Å². The monoisotopic (exact) mass is 384 g/mol. The van der Waals surface area contributed by atoms with E-state index in [1.54, 1.807) is 33.4 Å². The summed E-state index contributed by atoms with van der Waals surface area (Å²) >= 11 is 0. The highest BCUT2D eigenvalue weighted by molar-refractivity contribution is 5.49. The summed E-state index contributed by atoms with van der Waals surface area (Å²) in [6.45, 7) is 39.7. The molecule has 0 aromatic heterocycles. The van der Waals surface area contributed by atoms with E-state index in [9.17, 15) is 0 Å². The molecule has 0 fully saturated rings. The van der Waals surface area contributed by atoms with E-state index in [1.807, 2.05) is 0 Å². The summed E-state index contributed by atoms with van der Waals surface area (Å²) in [4.78, 5) is 0. The van der Waals surface area contributed by atoms with E-state index in [0.717, 1.165) is 0 Å². The third kappa shape index (κ3) is 2.14. The van der Waals surface area contributed by atoms with Crippen molar-refractivity contribution in [2.45, 2.75) is 111 Å². The van der Waals surface area contributed by atoms with Crippen LogP contribution in [0.5, 0.6) is 0 Å². The molecule has 2 bridgehead atoms. The Labute approximate surface area is 177 Å². The zero-order valence-corrected chi connectivity index (χ0v) is 22.0. The lowest BCUT2D eigenvalue weighted by molar-refractivity contribution is -0.0513. The summed E-state index contributed by atoms with van der Waals surface area (Å²) in [5.74, 6) is 0. The van der Waals surface area contributed by atoms with Crippen molar-refractivity contribution in [2.75, 3.05) is 0 Å². The Morgan fingerprint density at radius 2 is 0.679 bits per heavy atom. The number of fused-ring (bicyclic) bond motifs is 4. The van der Waals surface area contributed by atoms with Crippen LogP contribution in [0.2, 0.25) is 0 Å². The van der Waals surface area contributed by atoms with Crippen LogP contribution < -0.4 is 0 Å². The first-order valence-corrected chi connectivity index (χ1v) is 11.2. The first kappa shape index (κ1) is 23.5. The van der Waals surface area contributed by atoms with E-state index in [0.29, 0.717) is 0 Å². The molecule has 0 aromatic carbocycles. The first-order valence-electron chi connectivity index (χ1n) is 11.2. The van der Waals surface area contributed by atoms with Gasteiger partial charge in [-0.1, -0.05) is 103 Å². The molecule has 0 N–H and O–H groups in total. The van der Waals surface area contributed by atoms with E-state index < -0.39 is 0 Å². The van der Waals surface area contributed by atoms with E-state index in [2.05, 4.69) is 111 Å². The molecule has 0 saturated heterocycles. The van der Waals surface area contributed by atoms with Crippen molar-refractivity contribution in [2.24, 2.45) is 32.5 Å². The van der Waals surface area contributed by atoms with Crippen LogP contribution in [-0.4, -0.2) is 0 Å². The minimum atomic E-state index is 0.00278. The normalized spacial score (nSPS) is 42.0. The second-order valence-corrected chi connectivity index (χ2v) is 12.5. The highest BCUT2D eigenvalue weighted by Crippen LogP contribution is 2.72. The maximum Gasteiger partial charge on any atom is 0.0180 e. The van der Waals surface area contributed by atoms with Crippen molar-refractivity contribution < 1.29 is 0 Å². The Balaban J connectivity index is 3.39. The SMILES string of the molecule is CC1=C(C)C2(C)/C(C)=C(\C)C(C)(C)C(C)(/C(C)=C(/C)C2(C)C)C(C)(C)C1(C)C. The van der Waals surface area contributed by atoms with Crippen LogP contribution >= 0.6 is 0 Å². The van der Waals surface area contributed by atoms with Crippen molar-refractivity contribution >= 4 is 0 Å². The molecule has 3 aliphatic rings. The van der Waals surface area contributed by atoms with Gasteiger partial charge in [-0.25, -0.2) is 0 Å². The summed E-state index contributed by atoms with van der Waals surface area (Å²) in [6.07, 6.45) is 0. The Kier molecular flexibility index (Phi) is 4.94. The van der Waals surface area contributed by atoms with E-state index in [1.165, 1.54) is 0 Å². The third-order valence-electron chi connectivity index (χ3n) is 12.1. The number of hydrogen-bond acceptors (Lipinski definition) is 0. The number of allylic oxidation sites excluding steroid dienone is 6. The van der Waals surface area contributed by atoms with Gasteiger partial charge in [-0.3, -0.25) is 0 Å². The minimum Gasteiger partial charge on any atom is -0.0673 e. The van der Waals surface area contributed by atoms with Gasteiger partial charge in [0.2, 0.25) is 0 Å². The largest absolute Gasteiger partial charge is 0.0673 e. The quantitative estimate of drug-likeness (QED) is 0.365. The highest BCUT2D eigenvalue weighted by Gasteiger charge is 2.63. The van der Waals surface area contributed by atoms with Crippen molar-refractivity contribution in [3.05, 3.63) is 33.4 Å². The van der Waals surface area contributed by atoms with Crippen molar-refractivity contribution in [1.29, 1.82) is 0 Å². The topological polar surface area (TPSA) is 0 Å². The average molecular weight is 385 g/mol. The van der Waals surface area contributed by atoms with Gasteiger partial charge in [0.05, 0.1) is 0 Å². The molecular formula is C28H48. The van der Waals surface area contributed by atoms with Crippen LogP contribution in [0.15, 0.2) is 33.4 Å². The van der Waals surface area contributed by atoms with Gasteiger partial charge in [0.25, 0.3) is 0 Å². The fourth-order valence-corrected chi connectivity index (χ4v) is 7.31. The van der Waals surface area contributed by atoms with Gasteiger partial charge in [-0.15, -0.1) is 0 Å². The van der Waals surface area contributed by atoms with Crippen LogP contribution in [0, 0.1) is 32.5 Å². The first-order chi connectivity index (χ1) is 12.2. The van der Waals surface area contributed by atoms with Gasteiger partial charge in [0.1, 0.15) is 0 Å². The van der Waals surface area contributed by atoms with Crippen LogP contribution in [-0.2, 0) is 0 Å². The smallest absolute Gasteiger partial charge is 0.0180 e. The lowest BCUT2D eigenvalue weighted by atomic mass is 9.41. The zero-order valence-electron chi connectivity index (χ0n) is 22.0. The molecule has 3 rings (SSSR count). The fourth-order valence-electron chi connectivity index (χ4n) is 7.31. The summed E-state index contributed by atoms with van der Waals surface area (Å²) in [5.41, 5.74) is 9.79. The Hall–Kier alpha value is -0.780. The van der Waals surface area contributed by atoms with Crippen LogP contribution in [0.25, 0.3) is 0 Å². The Morgan fingerprint density at radius 3 is 1.07 bits per heavy atom. The number of hydrogen-bond donors (Lipinski definition) is 0. The average Bonchev–Trinajstić information content (AvgIpc) is 2.60. The lowest BCUT2D eigenvalue weighted by Crippen LogP contribution is -2.56. The molecule has 0 aliphatic heterocycles. The fraction of sp³-hybridized carbons (Fsp3) is 0.786. The van der Waals surface area contributed by atoms with Crippen molar-refractivity contribution in [3.8, 4) is 0 Å². The lowest BCUT2D eigenvalue weighted by Gasteiger charge is -2.63. The third-order valence-corrected chi connectivity index (χ3v) is 12.1.